The number of halogens is 2. The summed E-state index contributed by atoms with van der Waals surface area (Å²) in [6.07, 6.45) is 0.158. The van der Waals surface area contributed by atoms with E-state index in [4.69, 9.17) is 33.0 Å². The number of aromatic hydroxyl groups is 1. The molecule has 2 atom stereocenters. The zero-order chi connectivity index (χ0) is 18.5. The molecule has 3 heterocycles. The van der Waals surface area contributed by atoms with Crippen LogP contribution >= 0.6 is 34.5 Å². The van der Waals surface area contributed by atoms with Crippen LogP contribution in [0.15, 0.2) is 59.0 Å². The maximum atomic E-state index is 10.5. The van der Waals surface area contributed by atoms with E-state index in [0.717, 1.165) is 28.3 Å². The van der Waals surface area contributed by atoms with Crippen LogP contribution in [0.5, 0.6) is 11.5 Å². The molecular weight excluding hydrogens is 403 g/mol. The molecule has 2 aliphatic heterocycles. The second-order valence-corrected chi connectivity index (χ2v) is 8.25. The number of rotatable bonds is 2. The fourth-order valence-corrected chi connectivity index (χ4v) is 4.84. The van der Waals surface area contributed by atoms with Gasteiger partial charge in [0.05, 0.1) is 27.2 Å². The normalized spacial score (nSPS) is 20.7. The van der Waals surface area contributed by atoms with E-state index in [-0.39, 0.29) is 16.8 Å². The Morgan fingerprint density at radius 3 is 2.78 bits per heavy atom. The molecular formula is C20H14Cl2N2O2S. The van der Waals surface area contributed by atoms with Crippen molar-refractivity contribution in [3.8, 4) is 11.5 Å². The van der Waals surface area contributed by atoms with Gasteiger partial charge in [0.25, 0.3) is 0 Å². The largest absolute Gasteiger partial charge is 0.506 e. The van der Waals surface area contributed by atoms with Gasteiger partial charge in [0.2, 0.25) is 6.23 Å². The molecule has 3 aromatic rings. The van der Waals surface area contributed by atoms with Gasteiger partial charge in [-0.05, 0) is 29.6 Å². The lowest BCUT2D eigenvalue weighted by atomic mass is 9.97. The minimum atomic E-state index is -0.612. The predicted octanol–water partition coefficient (Wildman–Crippen LogP) is 6.00. The summed E-state index contributed by atoms with van der Waals surface area (Å²) >= 11 is 14.0. The molecule has 0 spiro atoms. The molecule has 2 aromatic carbocycles. The number of hydrogen-bond acceptors (Lipinski definition) is 5. The fourth-order valence-electron chi connectivity index (χ4n) is 3.61. The van der Waals surface area contributed by atoms with E-state index in [2.05, 4.69) is 12.1 Å². The first-order valence-electron chi connectivity index (χ1n) is 8.45. The number of ether oxygens (including phenoxy) is 1. The minimum absolute atomic E-state index is 0.0224. The summed E-state index contributed by atoms with van der Waals surface area (Å²) in [5.74, 6) is 0.742. The first kappa shape index (κ1) is 16.9. The molecule has 1 N–H and O–H groups in total. The van der Waals surface area contributed by atoms with E-state index < -0.39 is 6.23 Å². The van der Waals surface area contributed by atoms with Crippen molar-refractivity contribution in [3.63, 3.8) is 0 Å². The van der Waals surface area contributed by atoms with Crippen molar-refractivity contribution in [2.75, 3.05) is 0 Å². The summed E-state index contributed by atoms with van der Waals surface area (Å²) in [7, 11) is 0. The standard InChI is InChI=1S/C20H14Cl2N2O2S/c21-11-8-13(19(25)14(22)9-11)20-24-16(12-4-1-2-5-17(12)26-20)10-15(23-24)18-6-3-7-27-18/h1-9,16,20,25H,10H2. The molecule has 0 aliphatic carbocycles. The summed E-state index contributed by atoms with van der Waals surface area (Å²) in [5, 5.41) is 20.0. The molecule has 1 aromatic heterocycles. The van der Waals surface area contributed by atoms with Crippen LogP contribution in [-0.2, 0) is 0 Å². The summed E-state index contributed by atoms with van der Waals surface area (Å²) in [5.41, 5.74) is 2.59. The van der Waals surface area contributed by atoms with Crippen LogP contribution in [0, 0.1) is 0 Å². The van der Waals surface area contributed by atoms with Crippen molar-refractivity contribution in [1.82, 2.24) is 5.01 Å². The number of nitrogens with zero attached hydrogens (tertiary/aromatic N) is 2. The maximum absolute atomic E-state index is 10.5. The Labute approximate surface area is 170 Å². The number of hydrogen-bond donors (Lipinski definition) is 1. The van der Waals surface area contributed by atoms with Crippen molar-refractivity contribution in [3.05, 3.63) is 80.0 Å². The maximum Gasteiger partial charge on any atom is 0.217 e. The fraction of sp³-hybridized carbons (Fsp3) is 0.150. The van der Waals surface area contributed by atoms with Crippen molar-refractivity contribution < 1.29 is 9.84 Å². The molecule has 2 unspecified atom stereocenters. The average molecular weight is 417 g/mol. The Morgan fingerprint density at radius 2 is 1.96 bits per heavy atom. The van der Waals surface area contributed by atoms with Gasteiger partial charge in [-0.25, -0.2) is 5.01 Å². The monoisotopic (exact) mass is 416 g/mol. The molecule has 27 heavy (non-hydrogen) atoms. The van der Waals surface area contributed by atoms with E-state index in [1.807, 2.05) is 34.7 Å². The average Bonchev–Trinajstić information content (AvgIpc) is 3.33. The molecule has 0 radical (unpaired) electrons. The van der Waals surface area contributed by atoms with E-state index in [1.165, 1.54) is 6.07 Å². The number of hydrazone groups is 1. The Morgan fingerprint density at radius 1 is 1.11 bits per heavy atom. The number of para-hydroxylation sites is 1. The van der Waals surface area contributed by atoms with Gasteiger partial charge in [-0.2, -0.15) is 5.10 Å². The highest BCUT2D eigenvalue weighted by atomic mass is 35.5. The number of phenolic OH excluding ortho intramolecular Hbond substituents is 1. The molecule has 0 amide bonds. The van der Waals surface area contributed by atoms with Crippen molar-refractivity contribution in [2.45, 2.75) is 18.7 Å². The highest BCUT2D eigenvalue weighted by Crippen LogP contribution is 2.50. The smallest absolute Gasteiger partial charge is 0.217 e. The van der Waals surface area contributed by atoms with Crippen LogP contribution in [0.2, 0.25) is 10.0 Å². The minimum Gasteiger partial charge on any atom is -0.506 e. The van der Waals surface area contributed by atoms with Crippen LogP contribution in [0.25, 0.3) is 0 Å². The van der Waals surface area contributed by atoms with Crippen molar-refractivity contribution in [2.24, 2.45) is 5.10 Å². The zero-order valence-corrected chi connectivity index (χ0v) is 16.3. The number of fused-ring (bicyclic) bond motifs is 3. The van der Waals surface area contributed by atoms with Gasteiger partial charge in [-0.3, -0.25) is 0 Å². The Kier molecular flexibility index (Phi) is 4.04. The quantitative estimate of drug-likeness (QED) is 0.556. The lowest BCUT2D eigenvalue weighted by Gasteiger charge is -2.38. The third-order valence-corrected chi connectivity index (χ3v) is 6.25. The van der Waals surface area contributed by atoms with E-state index in [9.17, 15) is 5.11 Å². The van der Waals surface area contributed by atoms with Crippen molar-refractivity contribution >= 4 is 40.3 Å². The molecule has 5 rings (SSSR count). The number of phenols is 1. The third kappa shape index (κ3) is 2.78. The predicted molar refractivity (Wildman–Crippen MR) is 108 cm³/mol. The SMILES string of the molecule is Oc1c(Cl)cc(Cl)cc1C1Oc2ccccc2C2CC(c3cccs3)=NN21. The summed E-state index contributed by atoms with van der Waals surface area (Å²) in [4.78, 5) is 1.13. The lowest BCUT2D eigenvalue weighted by molar-refractivity contribution is -0.0203. The van der Waals surface area contributed by atoms with Gasteiger partial charge in [0, 0.05) is 17.0 Å². The number of benzene rings is 2. The highest BCUT2D eigenvalue weighted by Gasteiger charge is 2.42. The van der Waals surface area contributed by atoms with Crippen molar-refractivity contribution in [1.29, 1.82) is 0 Å². The van der Waals surface area contributed by atoms with Gasteiger partial charge < -0.3 is 9.84 Å². The van der Waals surface area contributed by atoms with Gasteiger partial charge in [0.1, 0.15) is 11.5 Å². The second-order valence-electron chi connectivity index (χ2n) is 6.46. The second kappa shape index (κ2) is 6.44. The van der Waals surface area contributed by atoms with Crippen LogP contribution < -0.4 is 4.74 Å². The van der Waals surface area contributed by atoms with E-state index in [1.54, 1.807) is 17.4 Å². The van der Waals surface area contributed by atoms with Crippen LogP contribution in [0.3, 0.4) is 0 Å². The van der Waals surface area contributed by atoms with E-state index >= 15 is 0 Å². The molecule has 136 valence electrons. The third-order valence-electron chi connectivity index (χ3n) is 4.83. The molecule has 0 saturated heterocycles. The Hall–Kier alpha value is -2.21. The van der Waals surface area contributed by atoms with Gasteiger partial charge in [-0.1, -0.05) is 47.5 Å². The molecule has 0 bridgehead atoms. The van der Waals surface area contributed by atoms with Gasteiger partial charge in [0.15, 0.2) is 0 Å². The first-order valence-corrected chi connectivity index (χ1v) is 10.1. The molecule has 4 nitrogen and oxygen atoms in total. The van der Waals surface area contributed by atoms with E-state index in [0.29, 0.717) is 10.6 Å². The van der Waals surface area contributed by atoms with Crippen LogP contribution in [0.4, 0.5) is 0 Å². The first-order chi connectivity index (χ1) is 13.1. The number of thiophene rings is 1. The Bertz CT molecular complexity index is 1050. The van der Waals surface area contributed by atoms with Gasteiger partial charge >= 0.3 is 0 Å². The van der Waals surface area contributed by atoms with Crippen LogP contribution in [0.1, 0.15) is 34.7 Å². The van der Waals surface area contributed by atoms with Crippen LogP contribution in [-0.4, -0.2) is 15.8 Å². The molecule has 0 fully saturated rings. The molecule has 0 saturated carbocycles. The highest BCUT2D eigenvalue weighted by molar-refractivity contribution is 7.12. The van der Waals surface area contributed by atoms with Gasteiger partial charge in [-0.15, -0.1) is 11.3 Å². The molecule has 7 heteroatoms. The summed E-state index contributed by atoms with van der Waals surface area (Å²) < 4.78 is 6.23. The molecule has 2 aliphatic rings. The summed E-state index contributed by atoms with van der Waals surface area (Å²) in [6.45, 7) is 0. The lowest BCUT2D eigenvalue weighted by Crippen LogP contribution is -2.33. The zero-order valence-electron chi connectivity index (χ0n) is 14.0. The summed E-state index contributed by atoms with van der Waals surface area (Å²) in [6, 6.07) is 15.2. The topological polar surface area (TPSA) is 45.1 Å². The Balaban J connectivity index is 1.65.